The van der Waals surface area contributed by atoms with Crippen molar-refractivity contribution in [2.75, 3.05) is 6.61 Å². The van der Waals surface area contributed by atoms with Crippen molar-refractivity contribution in [3.63, 3.8) is 0 Å². The number of ether oxygens (including phenoxy) is 1. The summed E-state index contributed by atoms with van der Waals surface area (Å²) in [5.41, 5.74) is 2.20. The lowest BCUT2D eigenvalue weighted by atomic mass is 9.94. The second-order valence-corrected chi connectivity index (χ2v) is 4.39. The van der Waals surface area contributed by atoms with Crippen LogP contribution >= 0.6 is 0 Å². The molecule has 0 saturated carbocycles. The molecule has 1 unspecified atom stereocenters. The quantitative estimate of drug-likeness (QED) is 0.707. The Hall–Kier alpha value is -1.57. The zero-order valence-corrected chi connectivity index (χ0v) is 11.5. The molecule has 0 aliphatic heterocycles. The van der Waals surface area contributed by atoms with Crippen LogP contribution in [0.3, 0.4) is 0 Å². The molecule has 2 heteroatoms. The fourth-order valence-corrected chi connectivity index (χ4v) is 1.98. The van der Waals surface area contributed by atoms with E-state index in [0.717, 1.165) is 24.0 Å². The molecule has 1 aromatic carbocycles. The maximum absolute atomic E-state index is 11.9. The van der Waals surface area contributed by atoms with Crippen LogP contribution in [0.1, 0.15) is 39.2 Å². The van der Waals surface area contributed by atoms with E-state index in [-0.39, 0.29) is 11.9 Å². The smallest absolute Gasteiger partial charge is 0.313 e. The molecule has 98 valence electrons. The predicted octanol–water partition coefficient (Wildman–Crippen LogP) is 4.07. The van der Waals surface area contributed by atoms with Crippen molar-refractivity contribution in [2.24, 2.45) is 5.92 Å². The number of esters is 1. The Morgan fingerprint density at radius 2 is 1.94 bits per heavy atom. The van der Waals surface area contributed by atoms with Crippen LogP contribution in [0.5, 0.6) is 0 Å². The van der Waals surface area contributed by atoms with Crippen molar-refractivity contribution >= 4 is 12.0 Å². The van der Waals surface area contributed by atoms with Crippen molar-refractivity contribution in [1.82, 2.24) is 0 Å². The molecular weight excluding hydrogens is 224 g/mol. The van der Waals surface area contributed by atoms with Gasteiger partial charge in [-0.1, -0.05) is 55.3 Å². The molecular formula is C16H22O2. The number of hydrogen-bond acceptors (Lipinski definition) is 2. The van der Waals surface area contributed by atoms with Crippen LogP contribution in [-0.2, 0) is 9.53 Å². The van der Waals surface area contributed by atoms with Gasteiger partial charge < -0.3 is 4.74 Å². The summed E-state index contributed by atoms with van der Waals surface area (Å²) in [5.74, 6) is -0.223. The second kappa shape index (κ2) is 7.70. The van der Waals surface area contributed by atoms with Crippen molar-refractivity contribution in [1.29, 1.82) is 0 Å². The maximum Gasteiger partial charge on any atom is 0.313 e. The summed E-state index contributed by atoms with van der Waals surface area (Å²) in [4.78, 5) is 11.9. The van der Waals surface area contributed by atoms with Crippen molar-refractivity contribution in [3.05, 3.63) is 41.5 Å². The number of rotatable bonds is 6. The molecule has 1 atom stereocenters. The number of carbonyl (C=O) groups is 1. The van der Waals surface area contributed by atoms with Gasteiger partial charge in [-0.05, 0) is 25.8 Å². The van der Waals surface area contributed by atoms with E-state index in [0.29, 0.717) is 6.61 Å². The van der Waals surface area contributed by atoms with Crippen LogP contribution in [0.2, 0.25) is 0 Å². The zero-order chi connectivity index (χ0) is 13.4. The van der Waals surface area contributed by atoms with Crippen molar-refractivity contribution in [2.45, 2.75) is 33.6 Å². The molecule has 0 heterocycles. The molecule has 1 rings (SSSR count). The number of carbonyl (C=O) groups excluding carboxylic acids is 1. The Bertz CT molecular complexity index is 393. The Morgan fingerprint density at radius 1 is 1.28 bits per heavy atom. The van der Waals surface area contributed by atoms with Gasteiger partial charge in [0.15, 0.2) is 0 Å². The summed E-state index contributed by atoms with van der Waals surface area (Å²) in [5, 5.41) is 0. The lowest BCUT2D eigenvalue weighted by molar-refractivity contribution is -0.146. The van der Waals surface area contributed by atoms with Gasteiger partial charge in [-0.25, -0.2) is 0 Å². The van der Waals surface area contributed by atoms with Gasteiger partial charge in [0.2, 0.25) is 0 Å². The monoisotopic (exact) mass is 246 g/mol. The molecule has 0 fully saturated rings. The van der Waals surface area contributed by atoms with Gasteiger partial charge in [0, 0.05) is 0 Å². The first-order valence-corrected chi connectivity index (χ1v) is 6.58. The van der Waals surface area contributed by atoms with E-state index < -0.39 is 0 Å². The average molecular weight is 246 g/mol. The highest BCUT2D eigenvalue weighted by Gasteiger charge is 2.20. The first kappa shape index (κ1) is 14.5. The molecule has 1 aromatic rings. The van der Waals surface area contributed by atoms with Crippen molar-refractivity contribution in [3.8, 4) is 0 Å². The molecule has 0 amide bonds. The van der Waals surface area contributed by atoms with Gasteiger partial charge >= 0.3 is 5.97 Å². The van der Waals surface area contributed by atoms with E-state index in [1.54, 1.807) is 0 Å². The molecule has 0 aliphatic rings. The summed E-state index contributed by atoms with van der Waals surface area (Å²) in [6.07, 6.45) is 3.88. The number of hydrogen-bond donors (Lipinski definition) is 0. The summed E-state index contributed by atoms with van der Waals surface area (Å²) in [6.45, 7) is 6.38. The molecule has 0 radical (unpaired) electrons. The van der Waals surface area contributed by atoms with E-state index in [9.17, 15) is 4.79 Å². The van der Waals surface area contributed by atoms with Gasteiger partial charge in [0.1, 0.15) is 0 Å². The Balaban J connectivity index is 2.85. The highest BCUT2D eigenvalue weighted by molar-refractivity contribution is 5.77. The summed E-state index contributed by atoms with van der Waals surface area (Å²) in [6, 6.07) is 10.1. The summed E-state index contributed by atoms with van der Waals surface area (Å²) >= 11 is 0. The minimum Gasteiger partial charge on any atom is -0.466 e. The first-order valence-electron chi connectivity index (χ1n) is 6.58. The Morgan fingerprint density at radius 3 is 2.50 bits per heavy atom. The van der Waals surface area contributed by atoms with E-state index in [1.165, 1.54) is 0 Å². The summed E-state index contributed by atoms with van der Waals surface area (Å²) in [7, 11) is 0. The maximum atomic E-state index is 11.9. The largest absolute Gasteiger partial charge is 0.466 e. The van der Waals surface area contributed by atoms with Crippen LogP contribution in [0.4, 0.5) is 0 Å². The zero-order valence-electron chi connectivity index (χ0n) is 11.5. The van der Waals surface area contributed by atoms with Gasteiger partial charge in [-0.3, -0.25) is 4.79 Å². The molecule has 0 N–H and O–H groups in total. The molecule has 0 bridgehead atoms. The average Bonchev–Trinajstić information content (AvgIpc) is 2.37. The van der Waals surface area contributed by atoms with E-state index in [2.05, 4.69) is 13.0 Å². The molecule has 0 aromatic heterocycles. The van der Waals surface area contributed by atoms with E-state index in [4.69, 9.17) is 4.74 Å². The fraction of sp³-hybridized carbons (Fsp3) is 0.438. The molecule has 0 spiro atoms. The van der Waals surface area contributed by atoms with Crippen LogP contribution in [-0.4, -0.2) is 12.6 Å². The van der Waals surface area contributed by atoms with Crippen LogP contribution in [0.15, 0.2) is 35.9 Å². The number of benzene rings is 1. The third-order valence-corrected chi connectivity index (χ3v) is 2.89. The highest BCUT2D eigenvalue weighted by Crippen LogP contribution is 2.21. The fourth-order valence-electron chi connectivity index (χ4n) is 1.98. The van der Waals surface area contributed by atoms with E-state index in [1.807, 2.05) is 44.2 Å². The topological polar surface area (TPSA) is 26.3 Å². The molecule has 18 heavy (non-hydrogen) atoms. The van der Waals surface area contributed by atoms with Gasteiger partial charge in [0.25, 0.3) is 0 Å². The van der Waals surface area contributed by atoms with Crippen LogP contribution in [0, 0.1) is 5.92 Å². The Labute approximate surface area is 110 Å². The molecule has 0 aliphatic carbocycles. The van der Waals surface area contributed by atoms with E-state index >= 15 is 0 Å². The molecule has 0 saturated heterocycles. The normalized spacial score (nSPS) is 13.2. The highest BCUT2D eigenvalue weighted by atomic mass is 16.5. The Kier molecular flexibility index (Phi) is 6.20. The van der Waals surface area contributed by atoms with Gasteiger partial charge in [-0.2, -0.15) is 0 Å². The first-order chi connectivity index (χ1) is 8.69. The van der Waals surface area contributed by atoms with Gasteiger partial charge in [0.05, 0.1) is 12.5 Å². The minimum absolute atomic E-state index is 0.107. The summed E-state index contributed by atoms with van der Waals surface area (Å²) < 4.78 is 5.14. The predicted molar refractivity (Wildman–Crippen MR) is 75.1 cm³/mol. The van der Waals surface area contributed by atoms with Crippen molar-refractivity contribution < 1.29 is 9.53 Å². The second-order valence-electron chi connectivity index (χ2n) is 4.39. The SMILES string of the molecule is CCCC(C(=O)OCC)/C(C)=C\c1ccccc1. The van der Waals surface area contributed by atoms with Gasteiger partial charge in [-0.15, -0.1) is 0 Å². The molecule has 2 nitrogen and oxygen atoms in total. The third-order valence-electron chi connectivity index (χ3n) is 2.89. The lowest BCUT2D eigenvalue weighted by Crippen LogP contribution is -2.18. The third kappa shape index (κ3) is 4.36. The van der Waals surface area contributed by atoms with Crippen LogP contribution < -0.4 is 0 Å². The standard InChI is InChI=1S/C16H22O2/c1-4-9-15(16(17)18-5-2)13(3)12-14-10-7-6-8-11-14/h6-8,10-12,15H,4-5,9H2,1-3H3/b13-12-. The minimum atomic E-state index is -0.116. The lowest BCUT2D eigenvalue weighted by Gasteiger charge is -2.15. The van der Waals surface area contributed by atoms with Crippen LogP contribution in [0.25, 0.3) is 6.08 Å².